The molecule has 0 bridgehead atoms. The molecule has 0 spiro atoms. The smallest absolute Gasteiger partial charge is 0.157 e. The lowest BCUT2D eigenvalue weighted by atomic mass is 10.2. The number of nitrogens with zero attached hydrogens (tertiary/aromatic N) is 3. The van der Waals surface area contributed by atoms with E-state index < -0.39 is 0 Å². The summed E-state index contributed by atoms with van der Waals surface area (Å²) in [6.07, 6.45) is 1.82. The van der Waals surface area contributed by atoms with Crippen LogP contribution in [0.3, 0.4) is 0 Å². The average molecular weight is 284 g/mol. The summed E-state index contributed by atoms with van der Waals surface area (Å²) in [7, 11) is 1.88. The lowest BCUT2D eigenvalue weighted by Gasteiger charge is -2.07. The third-order valence-electron chi connectivity index (χ3n) is 3.59. The maximum atomic E-state index is 13.5. The number of halogens is 1. The standard InChI is InChI=1S/C16H17FN4/c1-10-4-5-13(7-15(10)17)18-8-12-6-14-11(2)20-21(3)16(14)19-9-12/h4-7,9,18H,8H2,1-3H3. The molecule has 1 N–H and O–H groups in total. The van der Waals surface area contributed by atoms with Crippen LogP contribution in [0.5, 0.6) is 0 Å². The summed E-state index contributed by atoms with van der Waals surface area (Å²) < 4.78 is 15.3. The molecule has 0 unspecified atom stereocenters. The van der Waals surface area contributed by atoms with Gasteiger partial charge in [-0.1, -0.05) is 6.07 Å². The molecule has 0 saturated carbocycles. The molecule has 4 nitrogen and oxygen atoms in total. The summed E-state index contributed by atoms with van der Waals surface area (Å²) in [5, 5.41) is 8.62. The Kier molecular flexibility index (Phi) is 3.33. The van der Waals surface area contributed by atoms with Crippen LogP contribution in [0.25, 0.3) is 11.0 Å². The molecule has 0 fully saturated rings. The van der Waals surface area contributed by atoms with E-state index in [1.807, 2.05) is 26.2 Å². The van der Waals surface area contributed by atoms with Gasteiger partial charge in [0.05, 0.1) is 5.69 Å². The zero-order chi connectivity index (χ0) is 15.0. The maximum absolute atomic E-state index is 13.5. The van der Waals surface area contributed by atoms with Gasteiger partial charge in [-0.05, 0) is 43.2 Å². The fraction of sp³-hybridized carbons (Fsp3) is 0.250. The molecule has 21 heavy (non-hydrogen) atoms. The van der Waals surface area contributed by atoms with Crippen molar-refractivity contribution in [2.24, 2.45) is 7.05 Å². The van der Waals surface area contributed by atoms with Crippen LogP contribution >= 0.6 is 0 Å². The number of nitrogens with one attached hydrogen (secondary N) is 1. The predicted molar refractivity (Wildman–Crippen MR) is 81.7 cm³/mol. The van der Waals surface area contributed by atoms with Crippen molar-refractivity contribution < 1.29 is 4.39 Å². The largest absolute Gasteiger partial charge is 0.381 e. The Hall–Kier alpha value is -2.43. The van der Waals surface area contributed by atoms with E-state index >= 15 is 0 Å². The first-order valence-electron chi connectivity index (χ1n) is 6.83. The van der Waals surface area contributed by atoms with Gasteiger partial charge in [-0.25, -0.2) is 9.37 Å². The summed E-state index contributed by atoms with van der Waals surface area (Å²) >= 11 is 0. The van der Waals surface area contributed by atoms with Crippen molar-refractivity contribution in [2.45, 2.75) is 20.4 Å². The van der Waals surface area contributed by atoms with Crippen molar-refractivity contribution in [3.8, 4) is 0 Å². The van der Waals surface area contributed by atoms with Gasteiger partial charge in [0.1, 0.15) is 5.82 Å². The fourth-order valence-corrected chi connectivity index (χ4v) is 2.35. The highest BCUT2D eigenvalue weighted by Crippen LogP contribution is 2.18. The Labute approximate surface area is 122 Å². The van der Waals surface area contributed by atoms with Gasteiger partial charge in [0, 0.05) is 30.9 Å². The summed E-state index contributed by atoms with van der Waals surface area (Å²) in [6, 6.07) is 7.23. The van der Waals surface area contributed by atoms with Crippen LogP contribution in [-0.4, -0.2) is 14.8 Å². The van der Waals surface area contributed by atoms with Gasteiger partial charge in [-0.2, -0.15) is 5.10 Å². The number of rotatable bonds is 3. The highest BCUT2D eigenvalue weighted by molar-refractivity contribution is 5.78. The molecule has 2 aromatic heterocycles. The summed E-state index contributed by atoms with van der Waals surface area (Å²) in [4.78, 5) is 4.43. The van der Waals surface area contributed by atoms with Crippen LogP contribution < -0.4 is 5.32 Å². The Bertz CT molecular complexity index is 807. The number of hydrogen-bond acceptors (Lipinski definition) is 3. The SMILES string of the molecule is Cc1ccc(NCc2cnc3c(c2)c(C)nn3C)cc1F. The zero-order valence-electron chi connectivity index (χ0n) is 12.3. The van der Waals surface area contributed by atoms with Crippen LogP contribution in [0.15, 0.2) is 30.5 Å². The van der Waals surface area contributed by atoms with Crippen molar-refractivity contribution in [1.29, 1.82) is 0 Å². The Morgan fingerprint density at radius 3 is 2.81 bits per heavy atom. The van der Waals surface area contributed by atoms with Gasteiger partial charge >= 0.3 is 0 Å². The first-order valence-corrected chi connectivity index (χ1v) is 6.83. The van der Waals surface area contributed by atoms with Crippen LogP contribution in [0.1, 0.15) is 16.8 Å². The van der Waals surface area contributed by atoms with E-state index in [9.17, 15) is 4.39 Å². The Morgan fingerprint density at radius 1 is 1.24 bits per heavy atom. The molecule has 0 saturated heterocycles. The van der Waals surface area contributed by atoms with E-state index in [2.05, 4.69) is 21.5 Å². The van der Waals surface area contributed by atoms with E-state index in [0.29, 0.717) is 12.1 Å². The molecule has 3 aromatic rings. The highest BCUT2D eigenvalue weighted by Gasteiger charge is 2.07. The molecule has 0 amide bonds. The van der Waals surface area contributed by atoms with Crippen molar-refractivity contribution in [3.05, 3.63) is 53.1 Å². The van der Waals surface area contributed by atoms with Crippen LogP contribution in [0, 0.1) is 19.7 Å². The molecule has 2 heterocycles. The first-order chi connectivity index (χ1) is 10.0. The molecule has 0 atom stereocenters. The minimum atomic E-state index is -0.198. The number of hydrogen-bond donors (Lipinski definition) is 1. The molecule has 108 valence electrons. The summed E-state index contributed by atoms with van der Waals surface area (Å²) in [5.74, 6) is -0.198. The quantitative estimate of drug-likeness (QED) is 0.802. The number of fused-ring (bicyclic) bond motifs is 1. The van der Waals surface area contributed by atoms with Gasteiger partial charge in [0.2, 0.25) is 0 Å². The summed E-state index contributed by atoms with van der Waals surface area (Å²) in [6.45, 7) is 4.32. The first kappa shape index (κ1) is 13.5. The van der Waals surface area contributed by atoms with Crippen molar-refractivity contribution >= 4 is 16.7 Å². The maximum Gasteiger partial charge on any atom is 0.157 e. The predicted octanol–water partition coefficient (Wildman–Crippen LogP) is 3.34. The normalized spacial score (nSPS) is 11.0. The molecule has 0 aliphatic carbocycles. The Balaban J connectivity index is 1.81. The minimum Gasteiger partial charge on any atom is -0.381 e. The third kappa shape index (κ3) is 2.59. The number of aryl methyl sites for hydroxylation is 3. The number of benzene rings is 1. The monoisotopic (exact) mass is 284 g/mol. The highest BCUT2D eigenvalue weighted by atomic mass is 19.1. The van der Waals surface area contributed by atoms with E-state index in [1.165, 1.54) is 6.07 Å². The van der Waals surface area contributed by atoms with Crippen LogP contribution in [0.4, 0.5) is 10.1 Å². The molecule has 3 rings (SSSR count). The van der Waals surface area contributed by atoms with Crippen LogP contribution in [0.2, 0.25) is 0 Å². The second-order valence-electron chi connectivity index (χ2n) is 5.24. The number of pyridine rings is 1. The third-order valence-corrected chi connectivity index (χ3v) is 3.59. The van der Waals surface area contributed by atoms with E-state index in [-0.39, 0.29) is 5.82 Å². The van der Waals surface area contributed by atoms with Crippen molar-refractivity contribution in [3.63, 3.8) is 0 Å². The molecular weight excluding hydrogens is 267 g/mol. The van der Waals surface area contributed by atoms with E-state index in [4.69, 9.17) is 0 Å². The van der Waals surface area contributed by atoms with Gasteiger partial charge in [0.25, 0.3) is 0 Å². The number of aromatic nitrogens is 3. The van der Waals surface area contributed by atoms with Crippen LogP contribution in [-0.2, 0) is 13.6 Å². The lowest BCUT2D eigenvalue weighted by Crippen LogP contribution is -2.01. The second-order valence-corrected chi connectivity index (χ2v) is 5.24. The molecule has 0 radical (unpaired) electrons. The van der Waals surface area contributed by atoms with E-state index in [0.717, 1.165) is 28.0 Å². The lowest BCUT2D eigenvalue weighted by molar-refractivity contribution is 0.619. The van der Waals surface area contributed by atoms with E-state index in [1.54, 1.807) is 17.7 Å². The molecule has 0 aliphatic heterocycles. The molecule has 5 heteroatoms. The molecule has 1 aromatic carbocycles. The second kappa shape index (κ2) is 5.16. The zero-order valence-corrected chi connectivity index (χ0v) is 12.3. The summed E-state index contributed by atoms with van der Waals surface area (Å²) in [5.41, 5.74) is 4.29. The topological polar surface area (TPSA) is 42.7 Å². The molecule has 0 aliphatic rings. The average Bonchev–Trinajstić information content (AvgIpc) is 2.75. The van der Waals surface area contributed by atoms with Gasteiger partial charge in [-0.3, -0.25) is 4.68 Å². The minimum absolute atomic E-state index is 0.198. The number of anilines is 1. The van der Waals surface area contributed by atoms with Gasteiger partial charge < -0.3 is 5.32 Å². The van der Waals surface area contributed by atoms with Crippen molar-refractivity contribution in [2.75, 3.05) is 5.32 Å². The van der Waals surface area contributed by atoms with Gasteiger partial charge in [-0.15, -0.1) is 0 Å². The Morgan fingerprint density at radius 2 is 2.05 bits per heavy atom. The molecular formula is C16H17FN4. The van der Waals surface area contributed by atoms with Gasteiger partial charge in [0.15, 0.2) is 5.65 Å². The fourth-order valence-electron chi connectivity index (χ4n) is 2.35. The van der Waals surface area contributed by atoms with Crippen molar-refractivity contribution in [1.82, 2.24) is 14.8 Å².